The van der Waals surface area contributed by atoms with Gasteiger partial charge in [0.1, 0.15) is 11.9 Å². The quantitative estimate of drug-likeness (QED) is 0.0542. The summed E-state index contributed by atoms with van der Waals surface area (Å²) in [6, 6.07) is 11.5. The van der Waals surface area contributed by atoms with Crippen molar-refractivity contribution in [2.45, 2.75) is 44.8 Å². The Labute approximate surface area is 223 Å². The Balaban J connectivity index is 2.42. The molecule has 0 spiro atoms. The molecule has 196 valence electrons. The molecular formula is C28H34FN5O2S. The van der Waals surface area contributed by atoms with Gasteiger partial charge in [-0.3, -0.25) is 4.79 Å². The summed E-state index contributed by atoms with van der Waals surface area (Å²) >= 11 is 4.76. The van der Waals surface area contributed by atoms with Gasteiger partial charge in [-0.15, -0.1) is 12.6 Å². The minimum Gasteiger partial charge on any atom is -0.389 e. The molecule has 0 aliphatic heterocycles. The second kappa shape index (κ2) is 14.3. The largest absolute Gasteiger partial charge is 0.389 e. The van der Waals surface area contributed by atoms with Crippen molar-refractivity contribution in [2.24, 2.45) is 5.73 Å². The number of hydrogen-bond donors (Lipinski definition) is 6. The molecule has 9 heteroatoms. The lowest BCUT2D eigenvalue weighted by Crippen LogP contribution is -2.29. The number of thiol groups is 1. The summed E-state index contributed by atoms with van der Waals surface area (Å²) in [5.41, 5.74) is 8.41. The van der Waals surface area contributed by atoms with Crippen LogP contribution in [0, 0.1) is 22.6 Å². The van der Waals surface area contributed by atoms with E-state index in [-0.39, 0.29) is 11.6 Å². The molecule has 0 fully saturated rings. The van der Waals surface area contributed by atoms with Crippen LogP contribution in [0.3, 0.4) is 0 Å². The van der Waals surface area contributed by atoms with Gasteiger partial charge in [0, 0.05) is 41.5 Å². The van der Waals surface area contributed by atoms with Crippen molar-refractivity contribution < 1.29 is 14.3 Å². The summed E-state index contributed by atoms with van der Waals surface area (Å²) in [6.07, 6.45) is 7.66. The van der Waals surface area contributed by atoms with Crippen LogP contribution in [-0.2, 0) is 4.79 Å². The Morgan fingerprint density at radius 2 is 2.03 bits per heavy atom. The maximum absolute atomic E-state index is 14.5. The lowest BCUT2D eigenvalue weighted by Gasteiger charge is -2.20. The first-order valence-corrected chi connectivity index (χ1v) is 12.4. The van der Waals surface area contributed by atoms with E-state index < -0.39 is 11.4 Å². The number of nitrogens with one attached hydrogen (secondary N) is 3. The standard InChI is InChI=1S/C28H34FN5O2S/c1-28(2,36)17-34-26-11-10-20(13-22(26)16-31)27(37)24(19-8-9-21(15-30)25(29)14-19)7-3-5-23(32)6-4-12-33-18-35/h3,7-11,13-14,16,18,23,31,34,36-37H,4-6,12,17,32H2,1-2H3,(H,33,35)/b7-3+,27-24+,31-16?. The minimum atomic E-state index is -0.921. The SMILES string of the molecule is CC(C)(O)CNc1ccc(/C(S)=C(/C=C/CC(N)CCCNC=O)c2ccc(C#N)c(F)c2)cc1C=N. The highest BCUT2D eigenvalue weighted by molar-refractivity contribution is 7.90. The Morgan fingerprint density at radius 3 is 2.65 bits per heavy atom. The van der Waals surface area contributed by atoms with Crippen LogP contribution in [0.1, 0.15) is 55.4 Å². The van der Waals surface area contributed by atoms with E-state index in [1.54, 1.807) is 26.0 Å². The molecule has 0 saturated carbocycles. The van der Waals surface area contributed by atoms with E-state index in [2.05, 4.69) is 10.6 Å². The molecule has 0 aliphatic carbocycles. The third-order valence-corrected chi connectivity index (χ3v) is 6.05. The topological polar surface area (TPSA) is 135 Å². The smallest absolute Gasteiger partial charge is 0.207 e. The van der Waals surface area contributed by atoms with E-state index in [1.807, 2.05) is 30.4 Å². The molecule has 2 rings (SSSR count). The van der Waals surface area contributed by atoms with Gasteiger partial charge in [0.2, 0.25) is 6.41 Å². The van der Waals surface area contributed by atoms with Crippen LogP contribution >= 0.6 is 12.6 Å². The van der Waals surface area contributed by atoms with E-state index >= 15 is 0 Å². The number of anilines is 1. The molecule has 1 amide bonds. The van der Waals surface area contributed by atoms with E-state index in [0.29, 0.717) is 58.8 Å². The highest BCUT2D eigenvalue weighted by Gasteiger charge is 2.15. The van der Waals surface area contributed by atoms with Gasteiger partial charge in [-0.1, -0.05) is 24.3 Å². The zero-order chi connectivity index (χ0) is 27.4. The van der Waals surface area contributed by atoms with E-state index in [0.717, 1.165) is 12.8 Å². The number of hydrogen-bond acceptors (Lipinski definition) is 7. The number of halogens is 1. The lowest BCUT2D eigenvalue weighted by molar-refractivity contribution is -0.109. The molecule has 7 nitrogen and oxygen atoms in total. The molecule has 0 heterocycles. The number of amides is 1. The Hall–Kier alpha value is -3.45. The van der Waals surface area contributed by atoms with Crippen LogP contribution in [0.15, 0.2) is 48.6 Å². The number of aliphatic hydroxyl groups is 1. The first-order chi connectivity index (χ1) is 17.6. The second-order valence-corrected chi connectivity index (χ2v) is 9.74. The van der Waals surface area contributed by atoms with Gasteiger partial charge in [-0.25, -0.2) is 4.39 Å². The fourth-order valence-corrected chi connectivity index (χ4v) is 3.89. The molecular weight excluding hydrogens is 489 g/mol. The molecule has 2 aromatic rings. The predicted molar refractivity (Wildman–Crippen MR) is 151 cm³/mol. The van der Waals surface area contributed by atoms with Crippen molar-refractivity contribution in [1.82, 2.24) is 5.32 Å². The van der Waals surface area contributed by atoms with E-state index in [1.165, 1.54) is 18.3 Å². The third-order valence-electron chi connectivity index (χ3n) is 5.55. The van der Waals surface area contributed by atoms with Crippen LogP contribution in [0.2, 0.25) is 0 Å². The van der Waals surface area contributed by atoms with Crippen molar-refractivity contribution in [2.75, 3.05) is 18.4 Å². The van der Waals surface area contributed by atoms with Crippen molar-refractivity contribution in [1.29, 1.82) is 10.7 Å². The van der Waals surface area contributed by atoms with Gasteiger partial charge in [0.15, 0.2) is 0 Å². The normalized spacial score (nSPS) is 13.0. The Morgan fingerprint density at radius 1 is 1.30 bits per heavy atom. The fourth-order valence-electron chi connectivity index (χ4n) is 3.55. The van der Waals surface area contributed by atoms with Crippen molar-refractivity contribution in [3.05, 3.63) is 76.6 Å². The van der Waals surface area contributed by atoms with Crippen LogP contribution in [0.4, 0.5) is 10.1 Å². The second-order valence-electron chi connectivity index (χ2n) is 9.29. The predicted octanol–water partition coefficient (Wildman–Crippen LogP) is 4.48. The zero-order valence-corrected chi connectivity index (χ0v) is 22.0. The van der Waals surface area contributed by atoms with E-state index in [9.17, 15) is 14.3 Å². The Bertz CT molecular complexity index is 1200. The summed E-state index contributed by atoms with van der Waals surface area (Å²) < 4.78 is 14.5. The lowest BCUT2D eigenvalue weighted by atomic mass is 9.98. The third kappa shape index (κ3) is 9.50. The molecule has 0 radical (unpaired) electrons. The first kappa shape index (κ1) is 29.8. The summed E-state index contributed by atoms with van der Waals surface area (Å²) in [5, 5.41) is 32.7. The maximum atomic E-state index is 14.5. The fraction of sp³-hybridized carbons (Fsp3) is 0.321. The molecule has 37 heavy (non-hydrogen) atoms. The van der Waals surface area contributed by atoms with Gasteiger partial charge in [0.25, 0.3) is 0 Å². The number of nitrogens with zero attached hydrogens (tertiary/aromatic N) is 1. The number of nitriles is 1. The first-order valence-electron chi connectivity index (χ1n) is 11.9. The van der Waals surface area contributed by atoms with E-state index in [4.69, 9.17) is 29.0 Å². The van der Waals surface area contributed by atoms with Crippen molar-refractivity contribution >= 4 is 41.4 Å². The van der Waals surface area contributed by atoms with Gasteiger partial charge in [-0.05, 0) is 74.1 Å². The number of carbonyl (C=O) groups excluding carboxylic acids is 1. The van der Waals surface area contributed by atoms with Crippen LogP contribution in [-0.4, -0.2) is 42.5 Å². The van der Waals surface area contributed by atoms with Crippen LogP contribution in [0.5, 0.6) is 0 Å². The highest BCUT2D eigenvalue weighted by Crippen LogP contribution is 2.33. The molecule has 0 bridgehead atoms. The summed E-state index contributed by atoms with van der Waals surface area (Å²) in [6.45, 7) is 4.25. The Kier molecular flexibility index (Phi) is 11.5. The monoisotopic (exact) mass is 523 g/mol. The van der Waals surface area contributed by atoms with Crippen molar-refractivity contribution in [3.8, 4) is 6.07 Å². The summed E-state index contributed by atoms with van der Waals surface area (Å²) in [5.74, 6) is -0.627. The minimum absolute atomic E-state index is 0.0490. The number of benzene rings is 2. The molecule has 0 aromatic heterocycles. The molecule has 1 unspecified atom stereocenters. The number of allylic oxidation sites excluding steroid dienone is 2. The van der Waals surface area contributed by atoms with Gasteiger partial charge in [-0.2, -0.15) is 5.26 Å². The molecule has 0 saturated heterocycles. The molecule has 1 atom stereocenters. The van der Waals surface area contributed by atoms with Gasteiger partial charge >= 0.3 is 0 Å². The summed E-state index contributed by atoms with van der Waals surface area (Å²) in [4.78, 5) is 10.9. The van der Waals surface area contributed by atoms with Gasteiger partial charge < -0.3 is 26.9 Å². The number of carbonyl (C=O) groups is 1. The van der Waals surface area contributed by atoms with Crippen LogP contribution in [0.25, 0.3) is 10.5 Å². The highest BCUT2D eigenvalue weighted by atomic mass is 32.1. The van der Waals surface area contributed by atoms with Crippen molar-refractivity contribution in [3.63, 3.8) is 0 Å². The maximum Gasteiger partial charge on any atom is 0.207 e. The average Bonchev–Trinajstić information content (AvgIpc) is 2.87. The summed E-state index contributed by atoms with van der Waals surface area (Å²) in [7, 11) is 0. The molecule has 0 aliphatic rings. The number of nitrogens with two attached hydrogens (primary N) is 1. The molecule has 6 N–H and O–H groups in total. The number of rotatable bonds is 14. The molecule has 2 aromatic carbocycles. The van der Waals surface area contributed by atoms with Gasteiger partial charge in [0.05, 0.1) is 11.2 Å². The van der Waals surface area contributed by atoms with Crippen LogP contribution < -0.4 is 16.4 Å². The zero-order valence-electron chi connectivity index (χ0n) is 21.1. The average molecular weight is 524 g/mol.